The zero-order valence-corrected chi connectivity index (χ0v) is 14.6. The van der Waals surface area contributed by atoms with Gasteiger partial charge >= 0.3 is 0 Å². The summed E-state index contributed by atoms with van der Waals surface area (Å²) in [5, 5.41) is 3.89. The molecule has 2 rings (SSSR count). The van der Waals surface area contributed by atoms with Crippen LogP contribution in [0, 0.1) is 12.8 Å². The highest BCUT2D eigenvalue weighted by molar-refractivity contribution is 7.16. The molecule has 0 aliphatic carbocycles. The molecule has 5 nitrogen and oxygen atoms in total. The predicted molar refractivity (Wildman–Crippen MR) is 88.2 cm³/mol. The summed E-state index contributed by atoms with van der Waals surface area (Å²) < 4.78 is 0.710. The van der Waals surface area contributed by atoms with Gasteiger partial charge in [0.25, 0.3) is 0 Å². The van der Waals surface area contributed by atoms with Crippen LogP contribution >= 0.6 is 22.9 Å². The van der Waals surface area contributed by atoms with E-state index in [1.807, 2.05) is 13.8 Å². The fourth-order valence-electron chi connectivity index (χ4n) is 2.62. The highest BCUT2D eigenvalue weighted by atomic mass is 35.5. The van der Waals surface area contributed by atoms with E-state index in [9.17, 15) is 9.59 Å². The number of hydrogen-bond acceptors (Lipinski definition) is 4. The number of carbonyl (C=O) groups excluding carboxylic acids is 2. The van der Waals surface area contributed by atoms with Crippen molar-refractivity contribution >= 4 is 34.8 Å². The van der Waals surface area contributed by atoms with Gasteiger partial charge in [0, 0.05) is 32.5 Å². The van der Waals surface area contributed by atoms with Crippen LogP contribution in [-0.2, 0) is 16.0 Å². The highest BCUT2D eigenvalue weighted by Gasteiger charge is 2.27. The third kappa shape index (κ3) is 4.43. The van der Waals surface area contributed by atoms with Gasteiger partial charge in [0.05, 0.1) is 16.6 Å². The first-order valence-electron chi connectivity index (χ1n) is 7.68. The van der Waals surface area contributed by atoms with Crippen LogP contribution in [0.1, 0.15) is 36.9 Å². The first-order chi connectivity index (χ1) is 10.5. The first-order valence-corrected chi connectivity index (χ1v) is 8.88. The molecule has 1 aliphatic heterocycles. The minimum absolute atomic E-state index is 0.0352. The van der Waals surface area contributed by atoms with Gasteiger partial charge in [0.2, 0.25) is 11.8 Å². The number of nitrogens with one attached hydrogen (secondary N) is 1. The van der Waals surface area contributed by atoms with Crippen LogP contribution in [0.3, 0.4) is 0 Å². The van der Waals surface area contributed by atoms with E-state index in [-0.39, 0.29) is 17.7 Å². The van der Waals surface area contributed by atoms with Crippen molar-refractivity contribution in [2.75, 3.05) is 19.6 Å². The Morgan fingerprint density at radius 1 is 1.50 bits per heavy atom. The molecule has 1 N–H and O–H groups in total. The molecule has 0 aromatic carbocycles. The number of likely N-dealkylation sites (tertiary alicyclic amines) is 1. The molecule has 0 saturated carbocycles. The molecule has 0 bridgehead atoms. The van der Waals surface area contributed by atoms with Gasteiger partial charge < -0.3 is 10.2 Å². The lowest BCUT2D eigenvalue weighted by molar-refractivity contribution is -0.135. The van der Waals surface area contributed by atoms with E-state index in [4.69, 9.17) is 11.6 Å². The third-order valence-corrected chi connectivity index (χ3v) is 5.38. The van der Waals surface area contributed by atoms with Crippen molar-refractivity contribution < 1.29 is 9.59 Å². The van der Waals surface area contributed by atoms with Gasteiger partial charge in [0.1, 0.15) is 4.34 Å². The topological polar surface area (TPSA) is 62.3 Å². The van der Waals surface area contributed by atoms with Crippen LogP contribution in [0.2, 0.25) is 4.34 Å². The van der Waals surface area contributed by atoms with Crippen molar-refractivity contribution in [1.82, 2.24) is 15.2 Å². The lowest BCUT2D eigenvalue weighted by atomic mass is 9.97. The molecule has 1 unspecified atom stereocenters. The molecule has 2 heterocycles. The lowest BCUT2D eigenvalue weighted by Crippen LogP contribution is -2.45. The number of thiazole rings is 1. The first kappa shape index (κ1) is 17.2. The molecule has 1 fully saturated rings. The Kier molecular flexibility index (Phi) is 6.20. The van der Waals surface area contributed by atoms with Gasteiger partial charge in [0.15, 0.2) is 0 Å². The fraction of sp³-hybridized carbons (Fsp3) is 0.667. The van der Waals surface area contributed by atoms with Crippen LogP contribution in [0.5, 0.6) is 0 Å². The van der Waals surface area contributed by atoms with Crippen molar-refractivity contribution in [2.24, 2.45) is 5.92 Å². The van der Waals surface area contributed by atoms with E-state index in [1.54, 1.807) is 4.90 Å². The number of rotatable bonds is 5. The Morgan fingerprint density at radius 2 is 2.27 bits per heavy atom. The van der Waals surface area contributed by atoms with Gasteiger partial charge in [-0.05, 0) is 19.8 Å². The summed E-state index contributed by atoms with van der Waals surface area (Å²) in [7, 11) is 0. The number of aryl methyl sites for hydroxylation is 1. The Balaban J connectivity index is 1.78. The number of aromatic nitrogens is 1. The molecule has 122 valence electrons. The highest BCUT2D eigenvalue weighted by Crippen LogP contribution is 2.23. The zero-order chi connectivity index (χ0) is 16.1. The Bertz CT molecular complexity index is 527. The van der Waals surface area contributed by atoms with Gasteiger partial charge in [-0.1, -0.05) is 18.5 Å². The van der Waals surface area contributed by atoms with E-state index >= 15 is 0 Å². The summed E-state index contributed by atoms with van der Waals surface area (Å²) in [6.45, 7) is 5.60. The van der Waals surface area contributed by atoms with Gasteiger partial charge in [-0.2, -0.15) is 0 Å². The zero-order valence-electron chi connectivity index (χ0n) is 13.0. The number of nitrogens with zero attached hydrogens (tertiary/aromatic N) is 2. The molecular formula is C15H22ClN3O2S. The van der Waals surface area contributed by atoms with Crippen LogP contribution < -0.4 is 5.32 Å². The summed E-state index contributed by atoms with van der Waals surface area (Å²) in [6.07, 6.45) is 2.93. The monoisotopic (exact) mass is 343 g/mol. The number of hydrogen-bond donors (Lipinski definition) is 1. The van der Waals surface area contributed by atoms with Crippen molar-refractivity contribution in [3.63, 3.8) is 0 Å². The third-order valence-electron chi connectivity index (χ3n) is 3.87. The van der Waals surface area contributed by atoms with Crippen molar-refractivity contribution in [3.8, 4) is 0 Å². The Hall–Kier alpha value is -1.14. The fourth-order valence-corrected chi connectivity index (χ4v) is 3.71. The average Bonchev–Trinajstić information content (AvgIpc) is 2.84. The van der Waals surface area contributed by atoms with Gasteiger partial charge in [-0.15, -0.1) is 11.3 Å². The van der Waals surface area contributed by atoms with Gasteiger partial charge in [-0.3, -0.25) is 9.59 Å². The second-order valence-corrected chi connectivity index (χ2v) is 7.23. The summed E-state index contributed by atoms with van der Waals surface area (Å²) in [5.41, 5.74) is 0.842. The largest absolute Gasteiger partial charge is 0.355 e. The second kappa shape index (κ2) is 7.92. The van der Waals surface area contributed by atoms with Gasteiger partial charge in [-0.25, -0.2) is 4.98 Å². The van der Waals surface area contributed by atoms with Crippen LogP contribution in [0.15, 0.2) is 0 Å². The molecule has 22 heavy (non-hydrogen) atoms. The van der Waals surface area contributed by atoms with Crippen LogP contribution in [-0.4, -0.2) is 41.3 Å². The maximum absolute atomic E-state index is 12.2. The van der Waals surface area contributed by atoms with E-state index in [0.717, 1.165) is 30.1 Å². The standard InChI is InChI=1S/C15H22ClN3O2S/c1-3-13(20)19-8-4-5-11(9-19)15(21)17-7-6-12-18-10(2)14(16)22-12/h11H,3-9H2,1-2H3,(H,17,21). The van der Waals surface area contributed by atoms with Crippen molar-refractivity contribution in [1.29, 1.82) is 0 Å². The van der Waals surface area contributed by atoms with Crippen molar-refractivity contribution in [2.45, 2.75) is 39.5 Å². The lowest BCUT2D eigenvalue weighted by Gasteiger charge is -2.31. The minimum Gasteiger partial charge on any atom is -0.355 e. The van der Waals surface area contributed by atoms with E-state index in [0.29, 0.717) is 30.3 Å². The maximum Gasteiger partial charge on any atom is 0.224 e. The molecule has 0 radical (unpaired) electrons. The van der Waals surface area contributed by atoms with E-state index in [1.165, 1.54) is 11.3 Å². The number of halogens is 1. The number of piperidine rings is 1. The number of carbonyl (C=O) groups is 2. The van der Waals surface area contributed by atoms with Crippen LogP contribution in [0.25, 0.3) is 0 Å². The molecule has 7 heteroatoms. The van der Waals surface area contributed by atoms with Crippen LogP contribution in [0.4, 0.5) is 0 Å². The number of amides is 2. The maximum atomic E-state index is 12.2. The molecule has 1 aromatic heterocycles. The van der Waals surface area contributed by atoms with E-state index in [2.05, 4.69) is 10.3 Å². The summed E-state index contributed by atoms with van der Waals surface area (Å²) >= 11 is 7.44. The molecular weight excluding hydrogens is 322 g/mol. The van der Waals surface area contributed by atoms with E-state index < -0.39 is 0 Å². The summed E-state index contributed by atoms with van der Waals surface area (Å²) in [5.74, 6) is 0.0734. The quantitative estimate of drug-likeness (QED) is 0.893. The second-order valence-electron chi connectivity index (χ2n) is 5.54. The predicted octanol–water partition coefficient (Wildman–Crippen LogP) is 2.41. The summed E-state index contributed by atoms with van der Waals surface area (Å²) in [6, 6.07) is 0. The SMILES string of the molecule is CCC(=O)N1CCCC(C(=O)NCCc2nc(C)c(Cl)s2)C1. The van der Waals surface area contributed by atoms with Crippen molar-refractivity contribution in [3.05, 3.63) is 15.0 Å². The minimum atomic E-state index is -0.0918. The molecule has 1 aromatic rings. The normalized spacial score (nSPS) is 18.3. The Morgan fingerprint density at radius 3 is 2.91 bits per heavy atom. The molecule has 2 amide bonds. The molecule has 1 atom stereocenters. The summed E-state index contributed by atoms with van der Waals surface area (Å²) in [4.78, 5) is 30.1. The molecule has 1 saturated heterocycles. The molecule has 0 spiro atoms. The molecule has 1 aliphatic rings. The average molecular weight is 344 g/mol. The Labute approximate surface area is 140 Å². The smallest absolute Gasteiger partial charge is 0.224 e.